The van der Waals surface area contributed by atoms with Crippen LogP contribution in [0.1, 0.15) is 41.4 Å². The van der Waals surface area contributed by atoms with Crippen LogP contribution in [0.3, 0.4) is 0 Å². The molecule has 7 heteroatoms. The smallest absolute Gasteiger partial charge is 0.275 e. The lowest BCUT2D eigenvalue weighted by molar-refractivity contribution is 0.0653. The highest BCUT2D eigenvalue weighted by Crippen LogP contribution is 2.24. The maximum absolute atomic E-state index is 11.9. The van der Waals surface area contributed by atoms with Crippen LogP contribution in [0.5, 0.6) is 0 Å². The Morgan fingerprint density at radius 3 is 2.21 bits per heavy atom. The molecule has 0 atom stereocenters. The van der Waals surface area contributed by atoms with Crippen molar-refractivity contribution in [2.24, 2.45) is 5.84 Å². The molecule has 0 bridgehead atoms. The molecule has 98 valence electrons. The van der Waals surface area contributed by atoms with Crippen molar-refractivity contribution in [1.82, 2.24) is 9.91 Å². The molecule has 0 radical (unpaired) electrons. The first-order chi connectivity index (χ1) is 8.88. The minimum atomic E-state index is -0.690. The van der Waals surface area contributed by atoms with Crippen molar-refractivity contribution < 1.29 is 19.2 Å². The highest BCUT2D eigenvalue weighted by Gasteiger charge is 2.35. The number of hydrogen-bond acceptors (Lipinski definition) is 5. The van der Waals surface area contributed by atoms with Crippen LogP contribution >= 0.6 is 0 Å². The summed E-state index contributed by atoms with van der Waals surface area (Å²) in [4.78, 5) is 47.6. The van der Waals surface area contributed by atoms with Gasteiger partial charge < -0.3 is 4.90 Å². The zero-order valence-corrected chi connectivity index (χ0v) is 10.3. The van der Waals surface area contributed by atoms with E-state index in [2.05, 4.69) is 0 Å². The van der Waals surface area contributed by atoms with E-state index >= 15 is 0 Å². The zero-order chi connectivity index (χ0) is 14.3. The molecule has 0 unspecified atom stereocenters. The van der Waals surface area contributed by atoms with E-state index in [1.807, 2.05) is 0 Å². The van der Waals surface area contributed by atoms with E-state index in [1.54, 1.807) is 0 Å². The third-order valence-corrected chi connectivity index (χ3v) is 2.85. The van der Waals surface area contributed by atoms with Gasteiger partial charge in [-0.25, -0.2) is 10.9 Å². The molecule has 2 rings (SSSR count). The minimum absolute atomic E-state index is 0.0308. The Balaban J connectivity index is 2.68. The second kappa shape index (κ2) is 4.29. The molecule has 19 heavy (non-hydrogen) atoms. The van der Waals surface area contributed by atoms with Gasteiger partial charge in [-0.05, 0) is 12.1 Å². The predicted molar refractivity (Wildman–Crippen MR) is 64.5 cm³/mol. The minimum Gasteiger partial charge on any atom is -0.345 e. The van der Waals surface area contributed by atoms with Gasteiger partial charge >= 0.3 is 0 Å². The summed E-state index contributed by atoms with van der Waals surface area (Å²) in [7, 11) is 3.04. The third kappa shape index (κ3) is 1.80. The molecule has 1 heterocycles. The Bertz CT molecular complexity index is 622. The number of fused-ring (bicyclic) bond motifs is 1. The molecular weight excluding hydrogens is 250 g/mol. The predicted octanol–water partition coefficient (Wildman–Crippen LogP) is -0.329. The Morgan fingerprint density at radius 2 is 1.74 bits per heavy atom. The second-order valence-corrected chi connectivity index (χ2v) is 4.28. The molecule has 1 aromatic rings. The van der Waals surface area contributed by atoms with Crippen LogP contribution in [-0.4, -0.2) is 48.0 Å². The highest BCUT2D eigenvalue weighted by molar-refractivity contribution is 6.22. The first kappa shape index (κ1) is 12.9. The number of carbonyl (C=O) groups excluding carboxylic acids is 4. The molecule has 0 fully saturated rings. The molecule has 3 amide bonds. The van der Waals surface area contributed by atoms with Crippen LogP contribution in [0.2, 0.25) is 0 Å². The van der Waals surface area contributed by atoms with Gasteiger partial charge in [0.1, 0.15) is 0 Å². The quantitative estimate of drug-likeness (QED) is 0.340. The van der Waals surface area contributed by atoms with Crippen molar-refractivity contribution in [1.29, 1.82) is 0 Å². The van der Waals surface area contributed by atoms with Crippen molar-refractivity contribution in [3.63, 3.8) is 0 Å². The van der Waals surface area contributed by atoms with Crippen molar-refractivity contribution in [2.75, 3.05) is 14.1 Å². The Hall–Kier alpha value is -2.54. The molecule has 0 spiro atoms. The first-order valence-corrected chi connectivity index (χ1v) is 5.36. The number of imide groups is 1. The fraction of sp³-hybridized carbons (Fsp3) is 0.167. The highest BCUT2D eigenvalue weighted by atomic mass is 16.2. The van der Waals surface area contributed by atoms with Gasteiger partial charge in [0, 0.05) is 19.7 Å². The molecule has 0 saturated heterocycles. The molecule has 1 aliphatic rings. The fourth-order valence-corrected chi connectivity index (χ4v) is 1.85. The zero-order valence-electron chi connectivity index (χ0n) is 10.3. The second-order valence-electron chi connectivity index (χ2n) is 4.28. The average molecular weight is 261 g/mol. The topological polar surface area (TPSA) is 101 Å². The molecule has 0 saturated carbocycles. The number of rotatable bonds is 2. The van der Waals surface area contributed by atoms with Gasteiger partial charge in [-0.1, -0.05) is 0 Å². The van der Waals surface area contributed by atoms with E-state index in [1.165, 1.54) is 31.1 Å². The van der Waals surface area contributed by atoms with Gasteiger partial charge in [-0.15, -0.1) is 0 Å². The van der Waals surface area contributed by atoms with E-state index in [-0.39, 0.29) is 22.3 Å². The molecule has 7 nitrogen and oxygen atoms in total. The maximum Gasteiger partial charge on any atom is 0.275 e. The van der Waals surface area contributed by atoms with Crippen molar-refractivity contribution in [2.45, 2.75) is 0 Å². The van der Waals surface area contributed by atoms with Crippen LogP contribution in [0.15, 0.2) is 12.1 Å². The van der Waals surface area contributed by atoms with Gasteiger partial charge in [0.15, 0.2) is 6.29 Å². The molecule has 1 aromatic carbocycles. The Kier molecular flexibility index (Phi) is 2.91. The van der Waals surface area contributed by atoms with Gasteiger partial charge in [0.2, 0.25) is 0 Å². The summed E-state index contributed by atoms with van der Waals surface area (Å²) >= 11 is 0. The summed E-state index contributed by atoms with van der Waals surface area (Å²) in [6.07, 6.45) is 0.466. The Labute approximate surface area is 108 Å². The molecule has 2 N–H and O–H groups in total. The first-order valence-electron chi connectivity index (χ1n) is 5.36. The van der Waals surface area contributed by atoms with E-state index < -0.39 is 17.7 Å². The molecular formula is C12H11N3O4. The van der Waals surface area contributed by atoms with Crippen LogP contribution in [0.4, 0.5) is 0 Å². The number of amides is 3. The lowest BCUT2D eigenvalue weighted by Gasteiger charge is -2.12. The third-order valence-electron chi connectivity index (χ3n) is 2.85. The van der Waals surface area contributed by atoms with Crippen molar-refractivity contribution in [3.05, 3.63) is 34.4 Å². The van der Waals surface area contributed by atoms with Crippen LogP contribution < -0.4 is 5.84 Å². The SMILES string of the molecule is CN(C)C(=O)c1cc2c(cc1C=O)C(=O)N(N)C2=O. The number of nitrogens with two attached hydrogens (primary N) is 1. The number of nitrogens with zero attached hydrogens (tertiary/aromatic N) is 2. The van der Waals surface area contributed by atoms with Crippen LogP contribution in [-0.2, 0) is 0 Å². The average Bonchev–Trinajstić information content (AvgIpc) is 2.61. The number of carbonyl (C=O) groups is 4. The number of aldehydes is 1. The van der Waals surface area contributed by atoms with Crippen molar-refractivity contribution in [3.8, 4) is 0 Å². The van der Waals surface area contributed by atoms with Gasteiger partial charge in [-0.3, -0.25) is 19.2 Å². The Morgan fingerprint density at radius 1 is 1.21 bits per heavy atom. The van der Waals surface area contributed by atoms with Gasteiger partial charge in [-0.2, -0.15) is 0 Å². The lowest BCUT2D eigenvalue weighted by Crippen LogP contribution is -2.36. The maximum atomic E-state index is 11.9. The summed E-state index contributed by atoms with van der Waals surface area (Å²) in [5.74, 6) is 3.49. The summed E-state index contributed by atoms with van der Waals surface area (Å²) in [6, 6.07) is 2.45. The van der Waals surface area contributed by atoms with Gasteiger partial charge in [0.05, 0.1) is 16.7 Å². The van der Waals surface area contributed by atoms with Crippen molar-refractivity contribution >= 4 is 24.0 Å². The monoisotopic (exact) mass is 261 g/mol. The van der Waals surface area contributed by atoms with E-state index in [0.29, 0.717) is 11.3 Å². The fourth-order valence-electron chi connectivity index (χ4n) is 1.85. The van der Waals surface area contributed by atoms with Gasteiger partial charge in [0.25, 0.3) is 17.7 Å². The standard InChI is InChI=1S/C12H11N3O4/c1-14(2)10(17)7-4-9-8(3-6(7)5-16)11(18)15(13)12(9)19/h3-5H,13H2,1-2H3. The van der Waals surface area contributed by atoms with E-state index in [9.17, 15) is 19.2 Å². The number of benzene rings is 1. The number of hydrazine groups is 1. The summed E-state index contributed by atoms with van der Waals surface area (Å²) in [5, 5.41) is 0.461. The van der Waals surface area contributed by atoms with E-state index in [4.69, 9.17) is 5.84 Å². The molecule has 0 aromatic heterocycles. The summed E-state index contributed by atoms with van der Waals surface area (Å²) in [6.45, 7) is 0. The lowest BCUT2D eigenvalue weighted by atomic mass is 9.99. The summed E-state index contributed by atoms with van der Waals surface area (Å²) < 4.78 is 0. The normalized spacial score (nSPS) is 13.5. The molecule has 0 aliphatic carbocycles. The largest absolute Gasteiger partial charge is 0.345 e. The van der Waals surface area contributed by atoms with Crippen LogP contribution in [0.25, 0.3) is 0 Å². The van der Waals surface area contributed by atoms with E-state index in [0.717, 1.165) is 0 Å². The molecule has 1 aliphatic heterocycles. The van der Waals surface area contributed by atoms with Crippen LogP contribution in [0, 0.1) is 0 Å². The summed E-state index contributed by atoms with van der Waals surface area (Å²) in [5.41, 5.74) is 0.178. The number of hydrogen-bond donors (Lipinski definition) is 1.